The molecule has 2 aromatic rings. The summed E-state index contributed by atoms with van der Waals surface area (Å²) < 4.78 is 37.6. The van der Waals surface area contributed by atoms with Gasteiger partial charge in [0.05, 0.1) is 25.6 Å². The maximum absolute atomic E-state index is 12.4. The van der Waals surface area contributed by atoms with Crippen LogP contribution in [0.5, 0.6) is 11.5 Å². The number of hydrogen-bond acceptors (Lipinski definition) is 7. The lowest BCUT2D eigenvalue weighted by Crippen LogP contribution is -2.13. The molecule has 0 saturated heterocycles. The van der Waals surface area contributed by atoms with Gasteiger partial charge in [0.25, 0.3) is 10.0 Å². The minimum atomic E-state index is -3.79. The number of thiazole rings is 1. The highest BCUT2D eigenvalue weighted by molar-refractivity contribution is 7.94. The number of benzene rings is 1. The van der Waals surface area contributed by atoms with Crippen molar-refractivity contribution in [2.24, 2.45) is 0 Å². The third kappa shape index (κ3) is 3.19. The second-order valence-electron chi connectivity index (χ2n) is 4.10. The van der Waals surface area contributed by atoms with E-state index in [1.807, 2.05) is 0 Å². The van der Waals surface area contributed by atoms with E-state index in [0.717, 1.165) is 11.3 Å². The SMILES string of the molecule is COc1ccc(OC)c(NS(=O)(=O)c2sc(N)nc2C)c1. The molecule has 9 heteroatoms. The molecule has 0 fully saturated rings. The van der Waals surface area contributed by atoms with Crippen LogP contribution in [0.1, 0.15) is 5.69 Å². The first-order chi connectivity index (χ1) is 9.87. The Labute approximate surface area is 126 Å². The quantitative estimate of drug-likeness (QED) is 0.867. The second-order valence-corrected chi connectivity index (χ2v) is 7.00. The van der Waals surface area contributed by atoms with Gasteiger partial charge in [-0.15, -0.1) is 0 Å². The Morgan fingerprint density at radius 3 is 2.52 bits per heavy atom. The number of ether oxygens (including phenoxy) is 2. The molecule has 0 aliphatic heterocycles. The first-order valence-electron chi connectivity index (χ1n) is 5.85. The fourth-order valence-electron chi connectivity index (χ4n) is 1.74. The van der Waals surface area contributed by atoms with Gasteiger partial charge in [-0.25, -0.2) is 13.4 Å². The van der Waals surface area contributed by atoms with Crippen molar-refractivity contribution in [2.45, 2.75) is 11.1 Å². The highest BCUT2D eigenvalue weighted by Crippen LogP contribution is 2.33. The molecule has 0 bridgehead atoms. The molecule has 0 aliphatic rings. The van der Waals surface area contributed by atoms with E-state index in [2.05, 4.69) is 9.71 Å². The highest BCUT2D eigenvalue weighted by atomic mass is 32.2. The monoisotopic (exact) mass is 329 g/mol. The molecule has 1 aromatic carbocycles. The van der Waals surface area contributed by atoms with Crippen LogP contribution < -0.4 is 19.9 Å². The van der Waals surface area contributed by atoms with Crippen molar-refractivity contribution < 1.29 is 17.9 Å². The lowest BCUT2D eigenvalue weighted by atomic mass is 10.3. The van der Waals surface area contributed by atoms with Gasteiger partial charge in [0.2, 0.25) is 0 Å². The van der Waals surface area contributed by atoms with Gasteiger partial charge in [0.15, 0.2) is 9.34 Å². The van der Waals surface area contributed by atoms with Gasteiger partial charge >= 0.3 is 0 Å². The Bertz CT molecular complexity index is 756. The summed E-state index contributed by atoms with van der Waals surface area (Å²) in [7, 11) is -0.842. The smallest absolute Gasteiger partial charge is 0.273 e. The largest absolute Gasteiger partial charge is 0.497 e. The van der Waals surface area contributed by atoms with Gasteiger partial charge in [-0.3, -0.25) is 4.72 Å². The Kier molecular flexibility index (Phi) is 4.24. The summed E-state index contributed by atoms with van der Waals surface area (Å²) in [6, 6.07) is 4.83. The highest BCUT2D eigenvalue weighted by Gasteiger charge is 2.23. The first kappa shape index (κ1) is 15.4. The summed E-state index contributed by atoms with van der Waals surface area (Å²) in [5.74, 6) is 0.892. The normalized spacial score (nSPS) is 11.2. The number of nitrogens with zero attached hydrogens (tertiary/aromatic N) is 1. The van der Waals surface area contributed by atoms with Crippen molar-refractivity contribution in [1.29, 1.82) is 0 Å². The Morgan fingerprint density at radius 2 is 2.00 bits per heavy atom. The van der Waals surface area contributed by atoms with Crippen LogP contribution in [0.15, 0.2) is 22.4 Å². The zero-order chi connectivity index (χ0) is 15.6. The summed E-state index contributed by atoms with van der Waals surface area (Å²) in [6.45, 7) is 1.59. The van der Waals surface area contributed by atoms with Crippen LogP contribution in [0.25, 0.3) is 0 Å². The number of anilines is 2. The zero-order valence-corrected chi connectivity index (χ0v) is 13.3. The summed E-state index contributed by atoms with van der Waals surface area (Å²) in [4.78, 5) is 3.92. The van der Waals surface area contributed by atoms with Crippen molar-refractivity contribution in [3.8, 4) is 11.5 Å². The predicted molar refractivity (Wildman–Crippen MR) is 81.6 cm³/mol. The molecule has 1 heterocycles. The van der Waals surface area contributed by atoms with Gasteiger partial charge < -0.3 is 15.2 Å². The van der Waals surface area contributed by atoms with E-state index in [4.69, 9.17) is 15.2 Å². The molecule has 0 radical (unpaired) electrons. The molecule has 0 atom stereocenters. The fourth-order valence-corrected chi connectivity index (χ4v) is 4.10. The van der Waals surface area contributed by atoms with E-state index in [0.29, 0.717) is 17.2 Å². The lowest BCUT2D eigenvalue weighted by molar-refractivity contribution is 0.405. The van der Waals surface area contributed by atoms with E-state index in [9.17, 15) is 8.42 Å². The van der Waals surface area contributed by atoms with Crippen molar-refractivity contribution in [2.75, 3.05) is 24.7 Å². The summed E-state index contributed by atoms with van der Waals surface area (Å²) >= 11 is 0.908. The summed E-state index contributed by atoms with van der Waals surface area (Å²) in [6.07, 6.45) is 0. The number of aromatic nitrogens is 1. The summed E-state index contributed by atoms with van der Waals surface area (Å²) in [5, 5.41) is 0.200. The van der Waals surface area contributed by atoms with Crippen molar-refractivity contribution >= 4 is 32.2 Å². The van der Waals surface area contributed by atoms with Gasteiger partial charge in [-0.1, -0.05) is 11.3 Å². The Morgan fingerprint density at radius 1 is 1.29 bits per heavy atom. The molecule has 0 saturated carbocycles. The van der Waals surface area contributed by atoms with Crippen LogP contribution in [0.2, 0.25) is 0 Å². The number of rotatable bonds is 5. The second kappa shape index (κ2) is 5.78. The van der Waals surface area contributed by atoms with E-state index in [-0.39, 0.29) is 15.0 Å². The van der Waals surface area contributed by atoms with E-state index in [1.54, 1.807) is 19.1 Å². The van der Waals surface area contributed by atoms with Crippen LogP contribution in [-0.4, -0.2) is 27.6 Å². The van der Waals surface area contributed by atoms with E-state index < -0.39 is 10.0 Å². The lowest BCUT2D eigenvalue weighted by Gasteiger charge is -2.12. The van der Waals surface area contributed by atoms with Crippen molar-refractivity contribution in [3.05, 3.63) is 23.9 Å². The minimum Gasteiger partial charge on any atom is -0.497 e. The van der Waals surface area contributed by atoms with Gasteiger partial charge in [0.1, 0.15) is 11.5 Å². The van der Waals surface area contributed by atoms with Crippen LogP contribution in [0, 0.1) is 6.92 Å². The number of aryl methyl sites for hydroxylation is 1. The number of sulfonamides is 1. The maximum Gasteiger partial charge on any atom is 0.273 e. The molecule has 114 valence electrons. The number of nitrogens with two attached hydrogens (primary N) is 1. The molecule has 0 aliphatic carbocycles. The predicted octanol–water partition coefficient (Wildman–Crippen LogP) is 1.85. The molecule has 21 heavy (non-hydrogen) atoms. The van der Waals surface area contributed by atoms with Crippen molar-refractivity contribution in [3.63, 3.8) is 0 Å². The fraction of sp³-hybridized carbons (Fsp3) is 0.250. The van der Waals surface area contributed by atoms with E-state index >= 15 is 0 Å². The summed E-state index contributed by atoms with van der Waals surface area (Å²) in [5.41, 5.74) is 6.18. The third-order valence-electron chi connectivity index (χ3n) is 2.67. The van der Waals surface area contributed by atoms with Crippen LogP contribution in [-0.2, 0) is 10.0 Å². The minimum absolute atomic E-state index is 0.0740. The van der Waals surface area contributed by atoms with Crippen LogP contribution in [0.4, 0.5) is 10.8 Å². The zero-order valence-electron chi connectivity index (χ0n) is 11.7. The van der Waals surface area contributed by atoms with Crippen molar-refractivity contribution in [1.82, 2.24) is 4.98 Å². The van der Waals surface area contributed by atoms with Gasteiger partial charge in [0, 0.05) is 6.07 Å². The number of hydrogen-bond donors (Lipinski definition) is 2. The number of nitrogen functional groups attached to an aromatic ring is 1. The molecule has 0 spiro atoms. The third-order valence-corrected chi connectivity index (χ3v) is 5.63. The van der Waals surface area contributed by atoms with Crippen LogP contribution in [0.3, 0.4) is 0 Å². The average molecular weight is 329 g/mol. The molecular weight excluding hydrogens is 314 g/mol. The molecule has 0 unspecified atom stereocenters. The Balaban J connectivity index is 2.43. The van der Waals surface area contributed by atoms with Gasteiger partial charge in [-0.05, 0) is 19.1 Å². The molecule has 0 amide bonds. The first-order valence-corrected chi connectivity index (χ1v) is 8.15. The standard InChI is InChI=1S/C12H15N3O4S2/c1-7-11(20-12(13)14-7)21(16,17)15-9-6-8(18-2)4-5-10(9)19-3/h4-6,15H,1-3H3,(H2,13,14). The van der Waals surface area contributed by atoms with Crippen LogP contribution >= 0.6 is 11.3 Å². The molecule has 7 nitrogen and oxygen atoms in total. The topological polar surface area (TPSA) is 104 Å². The number of methoxy groups -OCH3 is 2. The number of nitrogens with one attached hydrogen (secondary N) is 1. The van der Waals surface area contributed by atoms with Gasteiger partial charge in [-0.2, -0.15) is 0 Å². The molecular formula is C12H15N3O4S2. The molecule has 2 rings (SSSR count). The Hall–Kier alpha value is -2.00. The maximum atomic E-state index is 12.4. The molecule has 3 N–H and O–H groups in total. The van der Waals surface area contributed by atoms with E-state index in [1.165, 1.54) is 20.3 Å². The average Bonchev–Trinajstić information content (AvgIpc) is 2.78. The molecule has 1 aromatic heterocycles.